The van der Waals surface area contributed by atoms with Gasteiger partial charge in [-0.25, -0.2) is 13.1 Å². The van der Waals surface area contributed by atoms with Gasteiger partial charge in [0.1, 0.15) is 15.6 Å². The van der Waals surface area contributed by atoms with Gasteiger partial charge in [-0.3, -0.25) is 9.59 Å². The molecule has 0 unspecified atom stereocenters. The first-order valence-electron chi connectivity index (χ1n) is 9.28. The lowest BCUT2D eigenvalue weighted by Gasteiger charge is -2.13. The molecule has 0 saturated heterocycles. The molecular weight excluding hydrogens is 480 g/mol. The van der Waals surface area contributed by atoms with Crippen molar-refractivity contribution in [3.63, 3.8) is 0 Å². The van der Waals surface area contributed by atoms with E-state index in [1.807, 2.05) is 0 Å². The van der Waals surface area contributed by atoms with Crippen LogP contribution in [0.5, 0.6) is 11.5 Å². The molecule has 9 nitrogen and oxygen atoms in total. The number of anilines is 1. The summed E-state index contributed by atoms with van der Waals surface area (Å²) in [7, 11) is -4.18. The molecule has 1 aromatic carbocycles. The molecule has 0 atom stereocenters. The number of benzene rings is 1. The third-order valence-corrected chi connectivity index (χ3v) is 7.84. The minimum absolute atomic E-state index is 0.0106. The van der Waals surface area contributed by atoms with Crippen LogP contribution >= 0.6 is 22.9 Å². The molecule has 12 heteroatoms. The quantitative estimate of drug-likeness (QED) is 0.483. The van der Waals surface area contributed by atoms with Gasteiger partial charge in [-0.1, -0.05) is 16.8 Å². The molecule has 3 heterocycles. The van der Waals surface area contributed by atoms with Crippen LogP contribution in [0.4, 0.5) is 5.88 Å². The maximum Gasteiger partial charge on any atom is 0.265 e. The average molecular weight is 497 g/mol. The van der Waals surface area contributed by atoms with Gasteiger partial charge in [0.05, 0.1) is 4.88 Å². The van der Waals surface area contributed by atoms with Crippen LogP contribution in [0.3, 0.4) is 0 Å². The zero-order valence-electron chi connectivity index (χ0n) is 17.1. The lowest BCUT2D eigenvalue weighted by molar-refractivity contribution is 0.0993. The van der Waals surface area contributed by atoms with E-state index in [0.29, 0.717) is 33.9 Å². The second-order valence-corrected chi connectivity index (χ2v) is 9.99. The fraction of sp³-hybridized carbons (Fsp3) is 0.250. The minimum Gasteiger partial charge on any atom is -0.454 e. The van der Waals surface area contributed by atoms with Crippen LogP contribution < -0.4 is 14.2 Å². The Kier molecular flexibility index (Phi) is 5.74. The van der Waals surface area contributed by atoms with Crippen molar-refractivity contribution in [2.45, 2.75) is 32.1 Å². The maximum atomic E-state index is 13.2. The highest BCUT2D eigenvalue weighted by Gasteiger charge is 2.29. The average Bonchev–Trinajstić information content (AvgIpc) is 3.46. The van der Waals surface area contributed by atoms with Crippen molar-refractivity contribution >= 4 is 50.4 Å². The van der Waals surface area contributed by atoms with Crippen LogP contribution in [0.2, 0.25) is 5.02 Å². The highest BCUT2D eigenvalue weighted by atomic mass is 35.5. The molecule has 1 N–H and O–H groups in total. The number of ketones is 2. The van der Waals surface area contributed by atoms with Crippen LogP contribution in [0.15, 0.2) is 26.9 Å². The van der Waals surface area contributed by atoms with E-state index in [2.05, 4.69) is 9.88 Å². The van der Waals surface area contributed by atoms with E-state index in [4.69, 9.17) is 25.6 Å². The first kappa shape index (κ1) is 22.3. The molecule has 32 heavy (non-hydrogen) atoms. The van der Waals surface area contributed by atoms with Gasteiger partial charge >= 0.3 is 0 Å². The first-order chi connectivity index (χ1) is 15.1. The number of aromatic nitrogens is 1. The molecule has 0 saturated carbocycles. The van der Waals surface area contributed by atoms with Crippen molar-refractivity contribution in [3.8, 4) is 11.5 Å². The van der Waals surface area contributed by atoms with Gasteiger partial charge in [-0.05, 0) is 49.4 Å². The van der Waals surface area contributed by atoms with Gasteiger partial charge in [-0.2, -0.15) is 0 Å². The number of carbonyl (C=O) groups is 2. The Morgan fingerprint density at radius 1 is 1.28 bits per heavy atom. The van der Waals surface area contributed by atoms with E-state index in [0.717, 1.165) is 11.3 Å². The van der Waals surface area contributed by atoms with E-state index in [-0.39, 0.29) is 39.7 Å². The maximum absolute atomic E-state index is 13.2. The Morgan fingerprint density at radius 3 is 2.69 bits per heavy atom. The third kappa shape index (κ3) is 3.87. The van der Waals surface area contributed by atoms with E-state index in [1.165, 1.54) is 18.4 Å². The van der Waals surface area contributed by atoms with Gasteiger partial charge in [0.2, 0.25) is 6.79 Å². The number of hydrogen-bond donors (Lipinski definition) is 1. The normalized spacial score (nSPS) is 12.8. The molecule has 0 radical (unpaired) electrons. The third-order valence-electron chi connectivity index (χ3n) is 4.94. The van der Waals surface area contributed by atoms with Crippen LogP contribution in [0.1, 0.15) is 43.8 Å². The fourth-order valence-electron chi connectivity index (χ4n) is 3.34. The summed E-state index contributed by atoms with van der Waals surface area (Å²) in [4.78, 5) is 25.2. The summed E-state index contributed by atoms with van der Waals surface area (Å²) in [6, 6.07) is 2.86. The number of carbonyl (C=O) groups excluding carboxylic acids is 2. The summed E-state index contributed by atoms with van der Waals surface area (Å²) in [5.74, 6) is -0.0466. The standard InChI is InChI=1S/C20H17ClN2O7S2/c1-9-12(13(11(3)24)7-15-18(9)29-8-28-15)6-14(25)19-16(4-5-31-19)32(26,27)23-20-17(21)10(2)22-30-20/h4-5,7,23H,6,8H2,1-3H3. The molecule has 3 aromatic rings. The van der Waals surface area contributed by atoms with Crippen LogP contribution in [0, 0.1) is 13.8 Å². The smallest absolute Gasteiger partial charge is 0.265 e. The van der Waals surface area contributed by atoms with Crippen LogP contribution in [-0.2, 0) is 16.4 Å². The molecule has 0 spiro atoms. The number of rotatable bonds is 7. The van der Waals surface area contributed by atoms with Crippen molar-refractivity contribution in [2.75, 3.05) is 11.5 Å². The Bertz CT molecular complexity index is 1360. The van der Waals surface area contributed by atoms with E-state index >= 15 is 0 Å². The first-order valence-corrected chi connectivity index (χ1v) is 12.0. The minimum atomic E-state index is -4.18. The Labute approximate surface area is 192 Å². The number of thiophene rings is 1. The molecule has 0 fully saturated rings. The number of nitrogens with zero attached hydrogens (tertiary/aromatic N) is 1. The van der Waals surface area contributed by atoms with Crippen molar-refractivity contribution in [1.29, 1.82) is 0 Å². The predicted molar refractivity (Wildman–Crippen MR) is 117 cm³/mol. The zero-order valence-corrected chi connectivity index (χ0v) is 19.5. The summed E-state index contributed by atoms with van der Waals surface area (Å²) in [5, 5.41) is 5.13. The molecule has 0 bridgehead atoms. The molecule has 1 aliphatic rings. The number of aryl methyl sites for hydroxylation is 1. The van der Waals surface area contributed by atoms with E-state index < -0.39 is 15.8 Å². The second-order valence-electron chi connectivity index (χ2n) is 7.05. The fourth-order valence-corrected chi connectivity index (χ4v) is 5.90. The van der Waals surface area contributed by atoms with Crippen molar-refractivity contribution in [3.05, 3.63) is 49.8 Å². The number of halogens is 1. The summed E-state index contributed by atoms with van der Waals surface area (Å²) >= 11 is 6.98. The number of fused-ring (bicyclic) bond motifs is 1. The Morgan fingerprint density at radius 2 is 2.03 bits per heavy atom. The molecule has 0 amide bonds. The monoisotopic (exact) mass is 496 g/mol. The molecule has 1 aliphatic heterocycles. The number of ether oxygens (including phenoxy) is 2. The largest absolute Gasteiger partial charge is 0.454 e. The Balaban J connectivity index is 1.68. The van der Waals surface area contributed by atoms with Gasteiger partial charge in [0.25, 0.3) is 15.9 Å². The zero-order chi connectivity index (χ0) is 23.2. The lowest BCUT2D eigenvalue weighted by Crippen LogP contribution is -2.16. The predicted octanol–water partition coefficient (Wildman–Crippen LogP) is 4.16. The van der Waals surface area contributed by atoms with Gasteiger partial charge < -0.3 is 14.0 Å². The summed E-state index contributed by atoms with van der Waals surface area (Å²) < 4.78 is 43.8. The van der Waals surface area contributed by atoms with Gasteiger partial charge in [0.15, 0.2) is 23.1 Å². The van der Waals surface area contributed by atoms with E-state index in [1.54, 1.807) is 19.9 Å². The second kappa shape index (κ2) is 8.23. The van der Waals surface area contributed by atoms with E-state index in [9.17, 15) is 18.0 Å². The molecule has 168 valence electrons. The number of hydrogen-bond acceptors (Lipinski definition) is 9. The van der Waals surface area contributed by atoms with Crippen LogP contribution in [0.25, 0.3) is 0 Å². The van der Waals surface area contributed by atoms with Crippen molar-refractivity contribution in [2.24, 2.45) is 0 Å². The molecule has 4 rings (SSSR count). The van der Waals surface area contributed by atoms with Crippen molar-refractivity contribution < 1.29 is 32.0 Å². The summed E-state index contributed by atoms with van der Waals surface area (Å²) in [5.41, 5.74) is 1.70. The molecule has 2 aromatic heterocycles. The number of nitrogens with one attached hydrogen (secondary N) is 1. The molecular formula is C20H17ClN2O7S2. The number of Topliss-reactive ketones (excluding diaryl/α,β-unsaturated/α-hetero) is 2. The summed E-state index contributed by atoms with van der Waals surface area (Å²) in [6.45, 7) is 4.69. The molecule has 0 aliphatic carbocycles. The van der Waals surface area contributed by atoms with Gasteiger partial charge in [-0.15, -0.1) is 11.3 Å². The highest BCUT2D eigenvalue weighted by molar-refractivity contribution is 7.93. The van der Waals surface area contributed by atoms with Crippen molar-refractivity contribution in [1.82, 2.24) is 5.16 Å². The number of sulfonamides is 1. The highest BCUT2D eigenvalue weighted by Crippen LogP contribution is 2.40. The van der Waals surface area contributed by atoms with Gasteiger partial charge in [0, 0.05) is 12.0 Å². The summed E-state index contributed by atoms with van der Waals surface area (Å²) in [6.07, 6.45) is -0.192. The van der Waals surface area contributed by atoms with Crippen LogP contribution in [-0.4, -0.2) is 31.9 Å². The Hall–Kier alpha value is -2.89. The lowest BCUT2D eigenvalue weighted by atomic mass is 9.93. The SMILES string of the molecule is CC(=O)c1cc2c(c(C)c1CC(=O)c1sccc1S(=O)(=O)Nc1onc(C)c1Cl)OCO2. The topological polar surface area (TPSA) is 125 Å².